The predicted octanol–water partition coefficient (Wildman–Crippen LogP) is 5.19. The van der Waals surface area contributed by atoms with Crippen LogP contribution in [-0.4, -0.2) is 15.6 Å². The van der Waals surface area contributed by atoms with Gasteiger partial charge in [-0.1, -0.05) is 0 Å². The molecule has 0 spiro atoms. The van der Waals surface area contributed by atoms with Gasteiger partial charge >= 0.3 is 5.97 Å². The van der Waals surface area contributed by atoms with Gasteiger partial charge in [-0.2, -0.15) is 0 Å². The molecule has 1 N–H and O–H groups in total. The number of aromatic nitrogens is 1. The van der Waals surface area contributed by atoms with Gasteiger partial charge < -0.3 is 9.67 Å². The van der Waals surface area contributed by atoms with Gasteiger partial charge in [0.15, 0.2) is 0 Å². The van der Waals surface area contributed by atoms with Crippen molar-refractivity contribution in [2.24, 2.45) is 0 Å². The highest BCUT2D eigenvalue weighted by Gasteiger charge is 2.20. The van der Waals surface area contributed by atoms with E-state index in [2.05, 4.69) is 0 Å². The normalized spacial score (nSPS) is 11.5. The molecule has 0 aliphatic rings. The molecule has 25 heavy (non-hydrogen) atoms. The topological polar surface area (TPSA) is 42.2 Å². The molecular weight excluding hydrogens is 344 g/mol. The summed E-state index contributed by atoms with van der Waals surface area (Å²) in [5.74, 6) is -1.76. The summed E-state index contributed by atoms with van der Waals surface area (Å²) < 4.78 is 30.0. The maximum absolute atomic E-state index is 13.7. The molecule has 0 aliphatic heterocycles. The van der Waals surface area contributed by atoms with Crippen molar-refractivity contribution in [3.05, 3.63) is 59.1 Å². The number of carboxylic acids is 1. The van der Waals surface area contributed by atoms with Crippen LogP contribution in [0.4, 0.5) is 8.78 Å². The zero-order valence-corrected chi connectivity index (χ0v) is 14.0. The molecule has 4 rings (SSSR count). The van der Waals surface area contributed by atoms with Gasteiger partial charge in [-0.05, 0) is 48.7 Å². The molecule has 0 saturated carbocycles. The SMILES string of the molecule is Cc1c(-c2csc3ccc(F)cc23)c2ccc(F)cc2n1CC(=O)O. The Labute approximate surface area is 145 Å². The summed E-state index contributed by atoms with van der Waals surface area (Å²) >= 11 is 1.49. The summed E-state index contributed by atoms with van der Waals surface area (Å²) in [5, 5.41) is 12.7. The Kier molecular flexibility index (Phi) is 3.58. The third-order valence-corrected chi connectivity index (χ3v) is 5.35. The highest BCUT2D eigenvalue weighted by molar-refractivity contribution is 7.17. The van der Waals surface area contributed by atoms with E-state index in [1.807, 2.05) is 5.38 Å². The summed E-state index contributed by atoms with van der Waals surface area (Å²) in [5.41, 5.74) is 2.88. The van der Waals surface area contributed by atoms with E-state index in [9.17, 15) is 18.7 Å². The smallest absolute Gasteiger partial charge is 0.323 e. The fourth-order valence-electron chi connectivity index (χ4n) is 3.32. The maximum Gasteiger partial charge on any atom is 0.323 e. The molecule has 0 unspecified atom stereocenters. The molecule has 126 valence electrons. The molecule has 0 saturated heterocycles. The van der Waals surface area contributed by atoms with Crippen LogP contribution < -0.4 is 0 Å². The lowest BCUT2D eigenvalue weighted by Gasteiger charge is -2.05. The number of carboxylic acid groups (broad SMARTS) is 1. The summed E-state index contributed by atoms with van der Waals surface area (Å²) in [6, 6.07) is 8.96. The lowest BCUT2D eigenvalue weighted by molar-refractivity contribution is -0.137. The number of rotatable bonds is 3. The Morgan fingerprint density at radius 3 is 2.60 bits per heavy atom. The van der Waals surface area contributed by atoms with Crippen molar-refractivity contribution in [2.45, 2.75) is 13.5 Å². The van der Waals surface area contributed by atoms with Gasteiger partial charge in [0.25, 0.3) is 0 Å². The largest absolute Gasteiger partial charge is 0.480 e. The Hall–Kier alpha value is -2.73. The number of hydrogen-bond acceptors (Lipinski definition) is 2. The molecule has 2 aromatic heterocycles. The first kappa shape index (κ1) is 15.8. The monoisotopic (exact) mass is 357 g/mol. The highest BCUT2D eigenvalue weighted by Crippen LogP contribution is 2.41. The molecule has 0 bridgehead atoms. The van der Waals surface area contributed by atoms with E-state index in [0.29, 0.717) is 11.2 Å². The average molecular weight is 357 g/mol. The van der Waals surface area contributed by atoms with Crippen molar-refractivity contribution in [1.29, 1.82) is 0 Å². The second kappa shape index (κ2) is 5.67. The minimum atomic E-state index is -1.00. The van der Waals surface area contributed by atoms with E-state index < -0.39 is 11.8 Å². The average Bonchev–Trinajstić information content (AvgIpc) is 3.07. The molecule has 6 heteroatoms. The van der Waals surface area contributed by atoms with Crippen LogP contribution in [-0.2, 0) is 11.3 Å². The molecule has 4 aromatic rings. The van der Waals surface area contributed by atoms with Gasteiger partial charge in [0.1, 0.15) is 18.2 Å². The minimum Gasteiger partial charge on any atom is -0.480 e. The molecule has 0 aliphatic carbocycles. The second-order valence-electron chi connectivity index (χ2n) is 5.89. The first-order chi connectivity index (χ1) is 12.0. The number of aliphatic carboxylic acids is 1. The standard InChI is InChI=1S/C19H13F2NO2S/c1-10-19(15-9-25-17-5-3-11(20)6-14(15)17)13-4-2-12(21)7-16(13)22(10)8-18(23)24/h2-7,9H,8H2,1H3,(H,23,24). The Balaban J connectivity index is 2.08. The summed E-state index contributed by atoms with van der Waals surface area (Å²) in [6.45, 7) is 1.54. The van der Waals surface area contributed by atoms with Gasteiger partial charge in [0.2, 0.25) is 0 Å². The molecule has 0 atom stereocenters. The fraction of sp³-hybridized carbons (Fsp3) is 0.105. The molecule has 2 heterocycles. The Morgan fingerprint density at radius 2 is 1.84 bits per heavy atom. The van der Waals surface area contributed by atoms with E-state index >= 15 is 0 Å². The zero-order chi connectivity index (χ0) is 17.7. The first-order valence-electron chi connectivity index (χ1n) is 7.63. The number of benzene rings is 2. The maximum atomic E-state index is 13.7. The Bertz CT molecular complexity index is 1140. The van der Waals surface area contributed by atoms with Gasteiger partial charge in [0.05, 0.1) is 5.52 Å². The van der Waals surface area contributed by atoms with Crippen LogP contribution in [0.2, 0.25) is 0 Å². The van der Waals surface area contributed by atoms with Crippen LogP contribution in [0.15, 0.2) is 41.8 Å². The second-order valence-corrected chi connectivity index (χ2v) is 6.80. The molecule has 0 radical (unpaired) electrons. The summed E-state index contributed by atoms with van der Waals surface area (Å²) in [6.07, 6.45) is 0. The van der Waals surface area contributed by atoms with Crippen LogP contribution in [0, 0.1) is 18.6 Å². The number of fused-ring (bicyclic) bond motifs is 2. The van der Waals surface area contributed by atoms with Crippen molar-refractivity contribution in [3.8, 4) is 11.1 Å². The van der Waals surface area contributed by atoms with E-state index in [0.717, 1.165) is 26.6 Å². The number of hydrogen-bond donors (Lipinski definition) is 1. The summed E-state index contributed by atoms with van der Waals surface area (Å²) in [7, 11) is 0. The van der Waals surface area contributed by atoms with Gasteiger partial charge in [-0.3, -0.25) is 4.79 Å². The molecular formula is C19H13F2NO2S. The van der Waals surface area contributed by atoms with E-state index in [4.69, 9.17) is 0 Å². The van der Waals surface area contributed by atoms with Crippen LogP contribution in [0.1, 0.15) is 5.69 Å². The van der Waals surface area contributed by atoms with Crippen LogP contribution in [0.5, 0.6) is 0 Å². The third-order valence-electron chi connectivity index (χ3n) is 4.38. The Morgan fingerprint density at radius 1 is 1.12 bits per heavy atom. The van der Waals surface area contributed by atoms with Crippen molar-refractivity contribution < 1.29 is 18.7 Å². The van der Waals surface area contributed by atoms with Crippen molar-refractivity contribution in [1.82, 2.24) is 4.57 Å². The fourth-order valence-corrected chi connectivity index (χ4v) is 4.26. The molecule has 0 fully saturated rings. The number of thiophene rings is 1. The third kappa shape index (κ3) is 2.49. The van der Waals surface area contributed by atoms with Crippen molar-refractivity contribution >= 4 is 38.3 Å². The van der Waals surface area contributed by atoms with Crippen LogP contribution in [0.3, 0.4) is 0 Å². The first-order valence-corrected chi connectivity index (χ1v) is 8.51. The molecule has 0 amide bonds. The molecule has 3 nitrogen and oxygen atoms in total. The van der Waals surface area contributed by atoms with E-state index in [1.54, 1.807) is 23.6 Å². The van der Waals surface area contributed by atoms with Crippen LogP contribution in [0.25, 0.3) is 32.1 Å². The van der Waals surface area contributed by atoms with Gasteiger partial charge in [-0.25, -0.2) is 8.78 Å². The lowest BCUT2D eigenvalue weighted by atomic mass is 10.0. The van der Waals surface area contributed by atoms with Crippen LogP contribution >= 0.6 is 11.3 Å². The van der Waals surface area contributed by atoms with Gasteiger partial charge in [0, 0.05) is 32.3 Å². The molecule has 2 aromatic carbocycles. The lowest BCUT2D eigenvalue weighted by Crippen LogP contribution is -2.10. The van der Waals surface area contributed by atoms with E-state index in [-0.39, 0.29) is 12.4 Å². The van der Waals surface area contributed by atoms with Crippen molar-refractivity contribution in [3.63, 3.8) is 0 Å². The number of halogens is 2. The zero-order valence-electron chi connectivity index (χ0n) is 13.2. The summed E-state index contributed by atoms with van der Waals surface area (Å²) in [4.78, 5) is 11.2. The quantitative estimate of drug-likeness (QED) is 0.548. The number of carbonyl (C=O) groups is 1. The van der Waals surface area contributed by atoms with E-state index in [1.165, 1.54) is 35.6 Å². The van der Waals surface area contributed by atoms with Gasteiger partial charge in [-0.15, -0.1) is 11.3 Å². The predicted molar refractivity (Wildman–Crippen MR) is 95.0 cm³/mol. The number of nitrogens with zero attached hydrogens (tertiary/aromatic N) is 1. The van der Waals surface area contributed by atoms with Crippen molar-refractivity contribution in [2.75, 3.05) is 0 Å². The highest BCUT2D eigenvalue weighted by atomic mass is 32.1. The minimum absolute atomic E-state index is 0.262.